The molecule has 0 aliphatic rings. The van der Waals surface area contributed by atoms with Crippen LogP contribution in [0.15, 0.2) is 59.5 Å². The average molecular weight is 285 g/mol. The van der Waals surface area contributed by atoms with Gasteiger partial charge in [-0.15, -0.1) is 11.8 Å². The maximum Gasteiger partial charge on any atom is 0.00719 e. The molecule has 2 N–H and O–H groups in total. The zero-order chi connectivity index (χ0) is 14.2. The van der Waals surface area contributed by atoms with Gasteiger partial charge in [0.2, 0.25) is 0 Å². The first-order valence-corrected chi connectivity index (χ1v) is 8.20. The van der Waals surface area contributed by atoms with Crippen LogP contribution in [-0.2, 0) is 6.42 Å². The molecule has 0 aromatic heterocycles. The normalized spacial score (nSPS) is 12.3. The minimum Gasteiger partial charge on any atom is -0.330 e. The summed E-state index contributed by atoms with van der Waals surface area (Å²) >= 11 is 1.92. The van der Waals surface area contributed by atoms with E-state index in [9.17, 15) is 0 Å². The molecule has 0 fully saturated rings. The molecule has 0 saturated carbocycles. The molecule has 2 rings (SSSR count). The smallest absolute Gasteiger partial charge is 0.00719 e. The first-order valence-electron chi connectivity index (χ1n) is 7.21. The van der Waals surface area contributed by atoms with Crippen molar-refractivity contribution in [1.82, 2.24) is 0 Å². The molecule has 0 aliphatic heterocycles. The SMILES string of the molecule is Cc1cccc(CC(CN)CCSc2ccccc2)c1. The van der Waals surface area contributed by atoms with Gasteiger partial charge in [0.25, 0.3) is 0 Å². The lowest BCUT2D eigenvalue weighted by Gasteiger charge is -2.15. The van der Waals surface area contributed by atoms with Crippen LogP contribution in [0, 0.1) is 12.8 Å². The summed E-state index contributed by atoms with van der Waals surface area (Å²) < 4.78 is 0. The second kappa shape index (κ2) is 8.13. The first-order chi connectivity index (χ1) is 9.78. The minimum atomic E-state index is 0.577. The number of hydrogen-bond acceptors (Lipinski definition) is 2. The van der Waals surface area contributed by atoms with Gasteiger partial charge in [0, 0.05) is 4.90 Å². The minimum absolute atomic E-state index is 0.577. The predicted octanol–water partition coefficient (Wildman–Crippen LogP) is 4.29. The third-order valence-electron chi connectivity index (χ3n) is 3.48. The van der Waals surface area contributed by atoms with Crippen LogP contribution >= 0.6 is 11.8 Å². The van der Waals surface area contributed by atoms with Crippen molar-refractivity contribution in [2.45, 2.75) is 24.7 Å². The Morgan fingerprint density at radius 1 is 1.05 bits per heavy atom. The Hall–Kier alpha value is -1.25. The van der Waals surface area contributed by atoms with Gasteiger partial charge in [0.15, 0.2) is 0 Å². The number of hydrogen-bond donors (Lipinski definition) is 1. The summed E-state index contributed by atoms with van der Waals surface area (Å²) in [5, 5.41) is 0. The summed E-state index contributed by atoms with van der Waals surface area (Å²) in [6, 6.07) is 19.3. The van der Waals surface area contributed by atoms with Gasteiger partial charge in [-0.2, -0.15) is 0 Å². The van der Waals surface area contributed by atoms with E-state index in [4.69, 9.17) is 5.73 Å². The summed E-state index contributed by atoms with van der Waals surface area (Å²) in [5.74, 6) is 1.71. The van der Waals surface area contributed by atoms with Crippen LogP contribution in [0.1, 0.15) is 17.5 Å². The van der Waals surface area contributed by atoms with Crippen molar-refractivity contribution in [1.29, 1.82) is 0 Å². The third-order valence-corrected chi connectivity index (χ3v) is 4.52. The number of nitrogens with two attached hydrogens (primary N) is 1. The fourth-order valence-corrected chi connectivity index (χ4v) is 3.37. The van der Waals surface area contributed by atoms with E-state index in [2.05, 4.69) is 61.5 Å². The number of benzene rings is 2. The van der Waals surface area contributed by atoms with Gasteiger partial charge < -0.3 is 5.73 Å². The van der Waals surface area contributed by atoms with Gasteiger partial charge in [-0.25, -0.2) is 0 Å². The third kappa shape index (κ3) is 5.03. The molecule has 2 aromatic carbocycles. The van der Waals surface area contributed by atoms with Crippen LogP contribution in [0.25, 0.3) is 0 Å². The van der Waals surface area contributed by atoms with E-state index in [1.807, 2.05) is 11.8 Å². The van der Waals surface area contributed by atoms with Gasteiger partial charge in [-0.1, -0.05) is 48.0 Å². The maximum atomic E-state index is 5.93. The number of thioether (sulfide) groups is 1. The van der Waals surface area contributed by atoms with E-state index in [0.29, 0.717) is 5.92 Å². The highest BCUT2D eigenvalue weighted by Crippen LogP contribution is 2.21. The van der Waals surface area contributed by atoms with E-state index in [1.54, 1.807) is 0 Å². The quantitative estimate of drug-likeness (QED) is 0.768. The van der Waals surface area contributed by atoms with Gasteiger partial charge in [0.1, 0.15) is 0 Å². The van der Waals surface area contributed by atoms with E-state index in [1.165, 1.54) is 22.4 Å². The van der Waals surface area contributed by atoms with Gasteiger partial charge in [-0.3, -0.25) is 0 Å². The van der Waals surface area contributed by atoms with E-state index in [-0.39, 0.29) is 0 Å². The van der Waals surface area contributed by atoms with Crippen LogP contribution in [-0.4, -0.2) is 12.3 Å². The zero-order valence-electron chi connectivity index (χ0n) is 12.1. The van der Waals surface area contributed by atoms with Crippen molar-refractivity contribution in [3.05, 3.63) is 65.7 Å². The summed E-state index contributed by atoms with van der Waals surface area (Å²) in [6.45, 7) is 2.91. The van der Waals surface area contributed by atoms with E-state index >= 15 is 0 Å². The van der Waals surface area contributed by atoms with Crippen LogP contribution < -0.4 is 5.73 Å². The van der Waals surface area contributed by atoms with Gasteiger partial charge in [-0.05, 0) is 55.7 Å². The molecule has 1 atom stereocenters. The fraction of sp³-hybridized carbons (Fsp3) is 0.333. The number of rotatable bonds is 7. The van der Waals surface area contributed by atoms with Gasteiger partial charge >= 0.3 is 0 Å². The molecule has 2 heteroatoms. The molecule has 1 unspecified atom stereocenters. The van der Waals surface area contributed by atoms with Crippen molar-refractivity contribution in [3.63, 3.8) is 0 Å². The highest BCUT2D eigenvalue weighted by molar-refractivity contribution is 7.99. The monoisotopic (exact) mass is 285 g/mol. The average Bonchev–Trinajstić information content (AvgIpc) is 2.47. The fourth-order valence-electron chi connectivity index (χ4n) is 2.34. The Labute approximate surface area is 126 Å². The first kappa shape index (κ1) is 15.1. The molecule has 0 heterocycles. The molecule has 0 saturated heterocycles. The largest absolute Gasteiger partial charge is 0.330 e. The molecule has 2 aromatic rings. The Morgan fingerprint density at radius 2 is 1.85 bits per heavy atom. The standard InChI is InChI=1S/C18H23NS/c1-15-6-5-7-16(12-15)13-17(14-19)10-11-20-18-8-3-2-4-9-18/h2-9,12,17H,10-11,13-14,19H2,1H3. The maximum absolute atomic E-state index is 5.93. The molecule has 0 bridgehead atoms. The van der Waals surface area contributed by atoms with Crippen molar-refractivity contribution in [2.75, 3.05) is 12.3 Å². The van der Waals surface area contributed by atoms with Crippen molar-refractivity contribution in [3.8, 4) is 0 Å². The van der Waals surface area contributed by atoms with Crippen molar-refractivity contribution in [2.24, 2.45) is 11.7 Å². The second-order valence-corrected chi connectivity index (χ2v) is 6.41. The van der Waals surface area contributed by atoms with Crippen molar-refractivity contribution < 1.29 is 0 Å². The molecular formula is C18H23NS. The lowest BCUT2D eigenvalue weighted by molar-refractivity contribution is 0.523. The predicted molar refractivity (Wildman–Crippen MR) is 89.2 cm³/mol. The summed E-state index contributed by atoms with van der Waals surface area (Å²) in [7, 11) is 0. The Bertz CT molecular complexity index is 510. The Balaban J connectivity index is 1.80. The van der Waals surface area contributed by atoms with E-state index in [0.717, 1.165) is 18.7 Å². The molecular weight excluding hydrogens is 262 g/mol. The number of aryl methyl sites for hydroxylation is 1. The van der Waals surface area contributed by atoms with Crippen LogP contribution in [0.5, 0.6) is 0 Å². The molecule has 20 heavy (non-hydrogen) atoms. The summed E-state index contributed by atoms with van der Waals surface area (Å²) in [6.07, 6.45) is 2.26. The molecule has 106 valence electrons. The molecule has 0 amide bonds. The zero-order valence-corrected chi connectivity index (χ0v) is 12.9. The molecule has 1 nitrogen and oxygen atoms in total. The Morgan fingerprint density at radius 3 is 2.55 bits per heavy atom. The molecule has 0 spiro atoms. The van der Waals surface area contributed by atoms with Crippen LogP contribution in [0.3, 0.4) is 0 Å². The summed E-state index contributed by atoms with van der Waals surface area (Å²) in [5.41, 5.74) is 8.67. The lowest BCUT2D eigenvalue weighted by Crippen LogP contribution is -2.17. The second-order valence-electron chi connectivity index (χ2n) is 5.25. The molecule has 0 radical (unpaired) electrons. The highest BCUT2D eigenvalue weighted by atomic mass is 32.2. The van der Waals surface area contributed by atoms with Gasteiger partial charge in [0.05, 0.1) is 0 Å². The van der Waals surface area contributed by atoms with Crippen LogP contribution in [0.2, 0.25) is 0 Å². The Kier molecular flexibility index (Phi) is 6.16. The molecule has 0 aliphatic carbocycles. The van der Waals surface area contributed by atoms with Crippen LogP contribution in [0.4, 0.5) is 0 Å². The lowest BCUT2D eigenvalue weighted by atomic mass is 9.96. The highest BCUT2D eigenvalue weighted by Gasteiger charge is 2.08. The topological polar surface area (TPSA) is 26.0 Å². The van der Waals surface area contributed by atoms with Crippen molar-refractivity contribution >= 4 is 11.8 Å². The summed E-state index contributed by atoms with van der Waals surface area (Å²) in [4.78, 5) is 1.35. The van der Waals surface area contributed by atoms with E-state index < -0.39 is 0 Å².